The van der Waals surface area contributed by atoms with Gasteiger partial charge in [0.15, 0.2) is 0 Å². The van der Waals surface area contributed by atoms with E-state index in [-0.39, 0.29) is 16.7 Å². The van der Waals surface area contributed by atoms with E-state index < -0.39 is 15.9 Å². The molecule has 8 heteroatoms. The molecule has 4 rings (SSSR count). The number of fused-ring (bicyclic) bond motifs is 1. The molecule has 0 saturated heterocycles. The first kappa shape index (κ1) is 17.8. The molecule has 0 spiro atoms. The Balaban J connectivity index is 1.54. The Bertz CT molecular complexity index is 1110. The summed E-state index contributed by atoms with van der Waals surface area (Å²) >= 11 is 6.76. The molecule has 26 heavy (non-hydrogen) atoms. The molecule has 0 radical (unpaired) electrons. The molecule has 1 heterocycles. The number of aromatic nitrogens is 1. The number of rotatable bonds is 4. The molecule has 1 amide bonds. The van der Waals surface area contributed by atoms with Gasteiger partial charge in [-0.3, -0.25) is 4.79 Å². The number of benzene rings is 2. The molecule has 3 aromatic rings. The van der Waals surface area contributed by atoms with E-state index in [9.17, 15) is 13.2 Å². The van der Waals surface area contributed by atoms with Gasteiger partial charge in [0.1, 0.15) is 4.90 Å². The zero-order valence-corrected chi connectivity index (χ0v) is 17.4. The number of aromatic amines is 1. The number of carbonyl (C=O) groups excluding carboxylic acids is 1. The van der Waals surface area contributed by atoms with Gasteiger partial charge in [0.2, 0.25) is 5.91 Å². The third-order valence-corrected chi connectivity index (χ3v) is 7.15. The van der Waals surface area contributed by atoms with E-state index in [0.717, 1.165) is 14.5 Å². The zero-order valence-electron chi connectivity index (χ0n) is 13.4. The molecule has 1 aliphatic carbocycles. The molecule has 1 aliphatic rings. The summed E-state index contributed by atoms with van der Waals surface area (Å²) in [4.78, 5) is 15.5. The largest absolute Gasteiger partial charge is 0.359 e. The third kappa shape index (κ3) is 3.21. The minimum Gasteiger partial charge on any atom is -0.359 e. The molecule has 1 fully saturated rings. The second kappa shape index (κ2) is 6.51. The Labute approximate surface area is 167 Å². The number of carbonyl (C=O) groups is 1. The second-order valence-electron chi connectivity index (χ2n) is 6.29. The first-order valence-electron chi connectivity index (χ1n) is 7.94. The Hall–Kier alpha value is -1.64. The van der Waals surface area contributed by atoms with Crippen LogP contribution < -0.4 is 4.72 Å². The first-order valence-corrected chi connectivity index (χ1v) is 11.0. The zero-order chi connectivity index (χ0) is 18.5. The predicted octanol–water partition coefficient (Wildman–Crippen LogP) is 4.30. The number of halogens is 2. The Kier molecular flexibility index (Phi) is 4.45. The van der Waals surface area contributed by atoms with E-state index in [2.05, 4.69) is 41.6 Å². The number of nitrogens with one attached hydrogen (secondary N) is 2. The van der Waals surface area contributed by atoms with Gasteiger partial charge >= 0.3 is 0 Å². The van der Waals surface area contributed by atoms with Crippen LogP contribution in [0, 0.1) is 5.92 Å². The maximum absolute atomic E-state index is 12.7. The summed E-state index contributed by atoms with van der Waals surface area (Å²) < 4.78 is 29.3. The van der Waals surface area contributed by atoms with Crippen molar-refractivity contribution in [3.05, 3.63) is 63.2 Å². The lowest BCUT2D eigenvalue weighted by Crippen LogP contribution is -2.32. The molecular weight excluding hydrogens is 484 g/mol. The maximum Gasteiger partial charge on any atom is 0.266 e. The molecule has 2 N–H and O–H groups in total. The van der Waals surface area contributed by atoms with E-state index in [1.807, 2.05) is 30.3 Å². The Morgan fingerprint density at radius 1 is 1.12 bits per heavy atom. The lowest BCUT2D eigenvalue weighted by Gasteiger charge is -2.06. The molecule has 134 valence electrons. The highest BCUT2D eigenvalue weighted by molar-refractivity contribution is 9.11. The molecule has 0 unspecified atom stereocenters. The van der Waals surface area contributed by atoms with Crippen molar-refractivity contribution in [1.82, 2.24) is 9.71 Å². The molecule has 5 nitrogen and oxygen atoms in total. The van der Waals surface area contributed by atoms with Crippen LogP contribution in [0.25, 0.3) is 10.9 Å². The van der Waals surface area contributed by atoms with Crippen LogP contribution in [0.2, 0.25) is 0 Å². The molecule has 1 saturated carbocycles. The average Bonchev–Trinajstić information content (AvgIpc) is 3.26. The summed E-state index contributed by atoms with van der Waals surface area (Å²) in [7, 11) is -3.94. The van der Waals surface area contributed by atoms with Gasteiger partial charge in [-0.2, -0.15) is 0 Å². The van der Waals surface area contributed by atoms with Crippen molar-refractivity contribution < 1.29 is 13.2 Å². The summed E-state index contributed by atoms with van der Waals surface area (Å²) in [5.41, 5.74) is 1.72. The van der Waals surface area contributed by atoms with E-state index in [1.54, 1.807) is 12.1 Å². The van der Waals surface area contributed by atoms with Crippen LogP contribution in [0.15, 0.2) is 62.5 Å². The van der Waals surface area contributed by atoms with E-state index in [1.165, 1.54) is 6.20 Å². The third-order valence-electron chi connectivity index (χ3n) is 4.58. The van der Waals surface area contributed by atoms with Crippen molar-refractivity contribution in [1.29, 1.82) is 0 Å². The highest BCUT2D eigenvalue weighted by atomic mass is 79.9. The summed E-state index contributed by atoms with van der Waals surface area (Å²) in [5.74, 6) is -0.708. The van der Waals surface area contributed by atoms with Crippen LogP contribution in [0.3, 0.4) is 0 Å². The minimum absolute atomic E-state index is 0.0652. The molecule has 1 aromatic heterocycles. The van der Waals surface area contributed by atoms with E-state index in [0.29, 0.717) is 17.3 Å². The van der Waals surface area contributed by atoms with Crippen LogP contribution in [0.4, 0.5) is 0 Å². The van der Waals surface area contributed by atoms with Crippen LogP contribution in [-0.4, -0.2) is 19.3 Å². The Morgan fingerprint density at radius 3 is 2.58 bits per heavy atom. The van der Waals surface area contributed by atoms with Crippen molar-refractivity contribution in [2.24, 2.45) is 5.92 Å². The fraction of sp³-hybridized carbons (Fsp3) is 0.167. The van der Waals surface area contributed by atoms with E-state index >= 15 is 0 Å². The number of amides is 1. The SMILES string of the molecule is O=C(NS(=O)(=O)c1c[nH]c2c(Br)cccc12)[C@@H]1C[C@H]1c1ccc(Br)cc1. The van der Waals surface area contributed by atoms with Gasteiger partial charge in [0.25, 0.3) is 10.0 Å². The number of sulfonamides is 1. The minimum atomic E-state index is -3.94. The normalized spacial score (nSPS) is 19.5. The van der Waals surface area contributed by atoms with Gasteiger partial charge < -0.3 is 4.98 Å². The van der Waals surface area contributed by atoms with Crippen molar-refractivity contribution in [2.45, 2.75) is 17.2 Å². The standard InChI is InChI=1S/C18H14Br2N2O3S/c19-11-6-4-10(5-7-11)13-8-14(13)18(23)22-26(24,25)16-9-21-17-12(16)2-1-3-15(17)20/h1-7,9,13-14,21H,8H2,(H,22,23)/t13-,14+/m0/s1. The maximum atomic E-state index is 12.7. The van der Waals surface area contributed by atoms with Gasteiger partial charge in [-0.15, -0.1) is 0 Å². The smallest absolute Gasteiger partial charge is 0.266 e. The molecule has 0 aliphatic heterocycles. The van der Waals surface area contributed by atoms with Gasteiger partial charge in [0.05, 0.1) is 5.52 Å². The van der Waals surface area contributed by atoms with Gasteiger partial charge in [-0.1, -0.05) is 40.2 Å². The number of hydrogen-bond acceptors (Lipinski definition) is 3. The quantitative estimate of drug-likeness (QED) is 0.564. The van der Waals surface area contributed by atoms with Gasteiger partial charge in [-0.05, 0) is 52.0 Å². The van der Waals surface area contributed by atoms with Crippen LogP contribution in [0.1, 0.15) is 17.9 Å². The number of para-hydroxylation sites is 1. The van der Waals surface area contributed by atoms with Gasteiger partial charge in [-0.25, -0.2) is 13.1 Å². The van der Waals surface area contributed by atoms with E-state index in [4.69, 9.17) is 0 Å². The number of H-pyrrole nitrogens is 1. The van der Waals surface area contributed by atoms with Crippen LogP contribution in [0.5, 0.6) is 0 Å². The lowest BCUT2D eigenvalue weighted by molar-refractivity contribution is -0.120. The molecule has 2 atom stereocenters. The molecule has 2 aromatic carbocycles. The van der Waals surface area contributed by atoms with Crippen LogP contribution >= 0.6 is 31.9 Å². The monoisotopic (exact) mass is 496 g/mol. The Morgan fingerprint density at radius 2 is 1.85 bits per heavy atom. The predicted molar refractivity (Wildman–Crippen MR) is 106 cm³/mol. The summed E-state index contributed by atoms with van der Waals surface area (Å²) in [6, 6.07) is 13.0. The second-order valence-corrected chi connectivity index (χ2v) is 9.71. The first-order chi connectivity index (χ1) is 12.4. The summed E-state index contributed by atoms with van der Waals surface area (Å²) in [5, 5.41) is 0.542. The average molecular weight is 498 g/mol. The molecule has 0 bridgehead atoms. The highest BCUT2D eigenvalue weighted by Crippen LogP contribution is 2.47. The lowest BCUT2D eigenvalue weighted by atomic mass is 10.1. The fourth-order valence-corrected chi connectivity index (χ4v) is 5.09. The topological polar surface area (TPSA) is 79.0 Å². The van der Waals surface area contributed by atoms with Crippen LogP contribution in [-0.2, 0) is 14.8 Å². The summed E-state index contributed by atoms with van der Waals surface area (Å²) in [6.07, 6.45) is 2.06. The van der Waals surface area contributed by atoms with Gasteiger partial charge in [0, 0.05) is 26.4 Å². The summed E-state index contributed by atoms with van der Waals surface area (Å²) in [6.45, 7) is 0. The van der Waals surface area contributed by atoms with Crippen molar-refractivity contribution >= 4 is 58.7 Å². The number of hydrogen-bond donors (Lipinski definition) is 2. The van der Waals surface area contributed by atoms with Crippen molar-refractivity contribution in [3.63, 3.8) is 0 Å². The van der Waals surface area contributed by atoms with Crippen molar-refractivity contribution in [3.8, 4) is 0 Å². The fourth-order valence-electron chi connectivity index (χ4n) is 3.14. The highest BCUT2D eigenvalue weighted by Gasteiger charge is 2.45. The van der Waals surface area contributed by atoms with Crippen molar-refractivity contribution in [2.75, 3.05) is 0 Å². The molecular formula is C18H14Br2N2O3S.